The van der Waals surface area contributed by atoms with E-state index in [-0.39, 0.29) is 6.04 Å². The molecule has 0 aliphatic heterocycles. The quantitative estimate of drug-likeness (QED) is 0.839. The number of hydrogen-bond acceptors (Lipinski definition) is 6. The Labute approximate surface area is 146 Å². The Bertz CT molecular complexity index is 679. The maximum Gasteiger partial charge on any atom is 0.122 e. The van der Waals surface area contributed by atoms with Crippen LogP contribution >= 0.6 is 11.3 Å². The summed E-state index contributed by atoms with van der Waals surface area (Å²) in [6.07, 6.45) is 2.67. The van der Waals surface area contributed by atoms with Gasteiger partial charge in [0, 0.05) is 23.5 Å². The topological polar surface area (TPSA) is 63.6 Å². The van der Waals surface area contributed by atoms with E-state index in [1.807, 2.05) is 12.1 Å². The number of benzene rings is 1. The smallest absolute Gasteiger partial charge is 0.122 e. The van der Waals surface area contributed by atoms with E-state index in [4.69, 9.17) is 9.47 Å². The van der Waals surface area contributed by atoms with Gasteiger partial charge in [-0.15, -0.1) is 11.3 Å². The SMILES string of the molecule is COc1cc(OC)cc(C(O)CNC2CCCc3nc(C)sc32)c1. The summed E-state index contributed by atoms with van der Waals surface area (Å²) in [5.74, 6) is 1.36. The number of nitrogens with zero attached hydrogens (tertiary/aromatic N) is 1. The number of aliphatic hydroxyl groups is 1. The molecule has 5 nitrogen and oxygen atoms in total. The molecule has 2 N–H and O–H groups in total. The largest absolute Gasteiger partial charge is 0.497 e. The molecule has 2 unspecified atom stereocenters. The van der Waals surface area contributed by atoms with E-state index in [1.54, 1.807) is 31.6 Å². The number of nitrogens with one attached hydrogen (secondary N) is 1. The molecular formula is C18H24N2O3S. The number of methoxy groups -OCH3 is 2. The molecule has 2 aromatic rings. The molecule has 0 saturated heterocycles. The Kier molecular flexibility index (Phi) is 5.38. The number of thiazole rings is 1. The van der Waals surface area contributed by atoms with E-state index in [1.165, 1.54) is 10.6 Å². The third-order valence-corrected chi connectivity index (χ3v) is 5.50. The van der Waals surface area contributed by atoms with Crippen molar-refractivity contribution in [3.8, 4) is 11.5 Å². The van der Waals surface area contributed by atoms with E-state index in [2.05, 4.69) is 17.2 Å². The average Bonchev–Trinajstić information content (AvgIpc) is 2.99. The van der Waals surface area contributed by atoms with Gasteiger partial charge in [-0.1, -0.05) is 0 Å². The maximum atomic E-state index is 10.6. The third kappa shape index (κ3) is 3.71. The highest BCUT2D eigenvalue weighted by Gasteiger charge is 2.24. The second-order valence-corrected chi connectivity index (χ2v) is 7.29. The van der Waals surface area contributed by atoms with Crippen molar-refractivity contribution in [2.24, 2.45) is 0 Å². The van der Waals surface area contributed by atoms with Gasteiger partial charge < -0.3 is 19.9 Å². The van der Waals surface area contributed by atoms with Crippen LogP contribution in [0.4, 0.5) is 0 Å². The second kappa shape index (κ2) is 7.51. The highest BCUT2D eigenvalue weighted by Crippen LogP contribution is 2.34. The van der Waals surface area contributed by atoms with Gasteiger partial charge in [-0.3, -0.25) is 0 Å². The summed E-state index contributed by atoms with van der Waals surface area (Å²) in [4.78, 5) is 5.94. The molecule has 1 aromatic carbocycles. The lowest BCUT2D eigenvalue weighted by Gasteiger charge is -2.24. The maximum absolute atomic E-state index is 10.6. The number of aryl methyl sites for hydroxylation is 2. The van der Waals surface area contributed by atoms with Crippen molar-refractivity contribution in [2.75, 3.05) is 20.8 Å². The standard InChI is InChI=1S/C18H24N2O3S/c1-11-20-16-6-4-5-15(18(16)24-11)19-10-17(21)12-7-13(22-2)9-14(8-12)23-3/h7-9,15,17,19,21H,4-6,10H2,1-3H3. The molecule has 1 aromatic heterocycles. The van der Waals surface area contributed by atoms with Crippen molar-refractivity contribution in [3.05, 3.63) is 39.3 Å². The monoisotopic (exact) mass is 348 g/mol. The van der Waals surface area contributed by atoms with Crippen LogP contribution < -0.4 is 14.8 Å². The third-order valence-electron chi connectivity index (χ3n) is 4.37. The normalized spacial score (nSPS) is 18.1. The zero-order valence-electron chi connectivity index (χ0n) is 14.3. The molecule has 6 heteroatoms. The molecule has 0 bridgehead atoms. The van der Waals surface area contributed by atoms with Crippen LogP contribution in [0.2, 0.25) is 0 Å². The van der Waals surface area contributed by atoms with Crippen LogP contribution in [-0.4, -0.2) is 30.9 Å². The van der Waals surface area contributed by atoms with Crippen molar-refractivity contribution >= 4 is 11.3 Å². The minimum Gasteiger partial charge on any atom is -0.497 e. The first-order valence-corrected chi connectivity index (χ1v) is 9.03. The van der Waals surface area contributed by atoms with Crippen LogP contribution in [0.15, 0.2) is 18.2 Å². The van der Waals surface area contributed by atoms with Crippen LogP contribution in [0.3, 0.4) is 0 Å². The van der Waals surface area contributed by atoms with E-state index >= 15 is 0 Å². The first-order valence-electron chi connectivity index (χ1n) is 8.21. The Morgan fingerprint density at radius 3 is 2.67 bits per heavy atom. The molecular weight excluding hydrogens is 324 g/mol. The summed E-state index contributed by atoms with van der Waals surface area (Å²) in [6.45, 7) is 2.54. The lowest BCUT2D eigenvalue weighted by molar-refractivity contribution is 0.167. The molecule has 1 aliphatic rings. The summed E-state index contributed by atoms with van der Waals surface area (Å²) < 4.78 is 10.5. The van der Waals surface area contributed by atoms with Crippen molar-refractivity contribution in [1.29, 1.82) is 0 Å². The summed E-state index contributed by atoms with van der Waals surface area (Å²) in [5, 5.41) is 15.2. The van der Waals surface area contributed by atoms with E-state index in [0.717, 1.165) is 29.8 Å². The van der Waals surface area contributed by atoms with Gasteiger partial charge in [-0.25, -0.2) is 4.98 Å². The van der Waals surface area contributed by atoms with Crippen molar-refractivity contribution in [2.45, 2.75) is 38.3 Å². The fourth-order valence-corrected chi connectivity index (χ4v) is 4.21. The van der Waals surface area contributed by atoms with Gasteiger partial charge in [-0.2, -0.15) is 0 Å². The molecule has 0 radical (unpaired) electrons. The molecule has 1 aliphatic carbocycles. The van der Waals surface area contributed by atoms with Crippen molar-refractivity contribution < 1.29 is 14.6 Å². The van der Waals surface area contributed by atoms with E-state index in [0.29, 0.717) is 18.0 Å². The average molecular weight is 348 g/mol. The minimum absolute atomic E-state index is 0.280. The van der Waals surface area contributed by atoms with Gasteiger partial charge in [-0.05, 0) is 43.9 Å². The van der Waals surface area contributed by atoms with Gasteiger partial charge >= 0.3 is 0 Å². The molecule has 24 heavy (non-hydrogen) atoms. The summed E-state index contributed by atoms with van der Waals surface area (Å²) in [6, 6.07) is 5.77. The molecule has 0 saturated carbocycles. The second-order valence-electron chi connectivity index (χ2n) is 6.06. The number of hydrogen-bond donors (Lipinski definition) is 2. The Hall–Kier alpha value is -1.63. The highest BCUT2D eigenvalue weighted by atomic mass is 32.1. The Morgan fingerprint density at radius 1 is 1.29 bits per heavy atom. The minimum atomic E-state index is -0.617. The van der Waals surface area contributed by atoms with Crippen LogP contribution in [0.1, 0.15) is 46.1 Å². The van der Waals surface area contributed by atoms with E-state index < -0.39 is 6.10 Å². The van der Waals surface area contributed by atoms with Crippen LogP contribution in [0, 0.1) is 6.92 Å². The van der Waals surface area contributed by atoms with E-state index in [9.17, 15) is 5.11 Å². The molecule has 1 heterocycles. The summed E-state index contributed by atoms with van der Waals surface area (Å²) in [5.41, 5.74) is 2.01. The van der Waals surface area contributed by atoms with Crippen molar-refractivity contribution in [3.63, 3.8) is 0 Å². The van der Waals surface area contributed by atoms with Crippen molar-refractivity contribution in [1.82, 2.24) is 10.3 Å². The van der Waals surface area contributed by atoms with Gasteiger partial charge in [0.15, 0.2) is 0 Å². The zero-order chi connectivity index (χ0) is 17.1. The lowest BCUT2D eigenvalue weighted by atomic mass is 9.97. The molecule has 0 fully saturated rings. The fraction of sp³-hybridized carbons (Fsp3) is 0.500. The molecule has 3 rings (SSSR count). The number of aliphatic hydroxyl groups excluding tert-OH is 1. The number of aromatic nitrogens is 1. The summed E-state index contributed by atoms with van der Waals surface area (Å²) in [7, 11) is 3.22. The number of rotatable bonds is 6. The number of fused-ring (bicyclic) bond motifs is 1. The summed E-state index contributed by atoms with van der Waals surface area (Å²) >= 11 is 1.76. The first kappa shape index (κ1) is 17.2. The van der Waals surface area contributed by atoms with Gasteiger partial charge in [0.1, 0.15) is 11.5 Å². The fourth-order valence-electron chi connectivity index (χ4n) is 3.13. The predicted molar refractivity (Wildman–Crippen MR) is 95.0 cm³/mol. The first-order chi connectivity index (χ1) is 11.6. The predicted octanol–water partition coefficient (Wildman–Crippen LogP) is 3.17. The highest BCUT2D eigenvalue weighted by molar-refractivity contribution is 7.11. The van der Waals surface area contributed by atoms with Gasteiger partial charge in [0.2, 0.25) is 0 Å². The van der Waals surface area contributed by atoms with Crippen LogP contribution in [-0.2, 0) is 6.42 Å². The Morgan fingerprint density at radius 2 is 2.00 bits per heavy atom. The molecule has 2 atom stereocenters. The molecule has 0 amide bonds. The molecule has 0 spiro atoms. The zero-order valence-corrected chi connectivity index (χ0v) is 15.2. The lowest BCUT2D eigenvalue weighted by Crippen LogP contribution is -2.28. The van der Waals surface area contributed by atoms with Crippen LogP contribution in [0.25, 0.3) is 0 Å². The number of ether oxygens (including phenoxy) is 2. The molecule has 130 valence electrons. The van der Waals surface area contributed by atoms with Gasteiger partial charge in [0.25, 0.3) is 0 Å². The van der Waals surface area contributed by atoms with Gasteiger partial charge in [0.05, 0.1) is 31.0 Å². The van der Waals surface area contributed by atoms with Crippen LogP contribution in [0.5, 0.6) is 11.5 Å². The Balaban J connectivity index is 1.69.